The fraction of sp³-hybridized carbons (Fsp3) is 0.320. The minimum Gasteiger partial charge on any atom is -0.490 e. The highest BCUT2D eigenvalue weighted by molar-refractivity contribution is 9.10. The SMILES string of the molecule is CCOc1cc(/C=C2/SC(=O)N(CC(=O)OCC(C)C)C2=O)cc(Br)c1OCc1ccc(Cl)c(Cl)c1. The molecule has 0 N–H and O–H groups in total. The highest BCUT2D eigenvalue weighted by atomic mass is 79.9. The summed E-state index contributed by atoms with van der Waals surface area (Å²) in [6.07, 6.45) is 1.57. The van der Waals surface area contributed by atoms with Gasteiger partial charge in [0.15, 0.2) is 11.5 Å². The predicted octanol–water partition coefficient (Wildman–Crippen LogP) is 6.97. The first-order chi connectivity index (χ1) is 17.1. The third-order valence-corrected chi connectivity index (χ3v) is 6.97. The number of nitrogens with zero attached hydrogens (tertiary/aromatic N) is 1. The normalized spacial score (nSPS) is 14.6. The lowest BCUT2D eigenvalue weighted by Crippen LogP contribution is -2.34. The Morgan fingerprint density at radius 3 is 2.56 bits per heavy atom. The number of esters is 1. The number of carbonyl (C=O) groups is 3. The first kappa shape index (κ1) is 28.4. The van der Waals surface area contributed by atoms with Gasteiger partial charge >= 0.3 is 5.97 Å². The number of hydrogen-bond acceptors (Lipinski definition) is 7. The maximum absolute atomic E-state index is 12.8. The quantitative estimate of drug-likeness (QED) is 0.211. The van der Waals surface area contributed by atoms with Crippen LogP contribution in [0.5, 0.6) is 11.5 Å². The Hall–Kier alpha value is -2.20. The minimum atomic E-state index is -0.628. The van der Waals surface area contributed by atoms with E-state index in [1.54, 1.807) is 30.3 Å². The van der Waals surface area contributed by atoms with E-state index in [1.165, 1.54) is 0 Å². The molecule has 2 aromatic rings. The highest BCUT2D eigenvalue weighted by Gasteiger charge is 2.36. The summed E-state index contributed by atoms with van der Waals surface area (Å²) in [5.41, 5.74) is 1.43. The van der Waals surface area contributed by atoms with E-state index in [0.717, 1.165) is 22.2 Å². The molecule has 0 saturated carbocycles. The summed E-state index contributed by atoms with van der Waals surface area (Å²) in [4.78, 5) is 38.2. The molecule has 11 heteroatoms. The molecule has 0 aromatic heterocycles. The van der Waals surface area contributed by atoms with E-state index in [2.05, 4.69) is 15.9 Å². The van der Waals surface area contributed by atoms with Gasteiger partial charge < -0.3 is 14.2 Å². The zero-order chi connectivity index (χ0) is 26.4. The number of ether oxygens (including phenoxy) is 3. The summed E-state index contributed by atoms with van der Waals surface area (Å²) >= 11 is 16.3. The Morgan fingerprint density at radius 2 is 1.89 bits per heavy atom. The van der Waals surface area contributed by atoms with Crippen LogP contribution >= 0.6 is 50.9 Å². The molecule has 0 atom stereocenters. The van der Waals surface area contributed by atoms with Crippen LogP contribution in [0.15, 0.2) is 39.7 Å². The Morgan fingerprint density at radius 1 is 1.14 bits per heavy atom. The lowest BCUT2D eigenvalue weighted by molar-refractivity contribution is -0.147. The number of thioether (sulfide) groups is 1. The molecule has 1 aliphatic rings. The van der Waals surface area contributed by atoms with Crippen LogP contribution in [-0.2, 0) is 20.9 Å². The number of carbonyl (C=O) groups excluding carboxylic acids is 3. The lowest BCUT2D eigenvalue weighted by atomic mass is 10.1. The van der Waals surface area contributed by atoms with Gasteiger partial charge in [-0.05, 0) is 82.0 Å². The monoisotopic (exact) mass is 615 g/mol. The topological polar surface area (TPSA) is 82.1 Å². The zero-order valence-corrected chi connectivity index (χ0v) is 23.7. The molecule has 0 aliphatic carbocycles. The van der Waals surface area contributed by atoms with Crippen LogP contribution in [0, 0.1) is 5.92 Å². The van der Waals surface area contributed by atoms with E-state index >= 15 is 0 Å². The molecular formula is C25H24BrCl2NO6S. The molecule has 1 fully saturated rings. The van der Waals surface area contributed by atoms with E-state index in [-0.39, 0.29) is 24.0 Å². The summed E-state index contributed by atoms with van der Waals surface area (Å²) < 4.78 is 17.4. The van der Waals surface area contributed by atoms with Crippen LogP contribution < -0.4 is 9.47 Å². The van der Waals surface area contributed by atoms with Crippen LogP contribution in [0.4, 0.5) is 4.79 Å². The van der Waals surface area contributed by atoms with Gasteiger partial charge in [0.2, 0.25) is 0 Å². The second-order valence-corrected chi connectivity index (χ2v) is 10.8. The van der Waals surface area contributed by atoms with Gasteiger partial charge in [-0.15, -0.1) is 0 Å². The van der Waals surface area contributed by atoms with Gasteiger partial charge in [0, 0.05) is 0 Å². The van der Waals surface area contributed by atoms with Crippen molar-refractivity contribution in [2.24, 2.45) is 5.92 Å². The average Bonchev–Trinajstić information content (AvgIpc) is 3.07. The molecule has 0 unspecified atom stereocenters. The first-order valence-corrected chi connectivity index (χ1v) is 13.4. The summed E-state index contributed by atoms with van der Waals surface area (Å²) in [7, 11) is 0. The van der Waals surface area contributed by atoms with Gasteiger partial charge in [0.1, 0.15) is 13.2 Å². The van der Waals surface area contributed by atoms with Crippen LogP contribution in [0.3, 0.4) is 0 Å². The second kappa shape index (κ2) is 12.9. The minimum absolute atomic E-state index is 0.151. The van der Waals surface area contributed by atoms with E-state index in [1.807, 2.05) is 26.8 Å². The van der Waals surface area contributed by atoms with Gasteiger partial charge in [-0.25, -0.2) is 0 Å². The fourth-order valence-corrected chi connectivity index (χ4v) is 4.81. The lowest BCUT2D eigenvalue weighted by Gasteiger charge is -2.15. The van der Waals surface area contributed by atoms with Crippen molar-refractivity contribution >= 4 is 74.1 Å². The van der Waals surface area contributed by atoms with Crippen molar-refractivity contribution in [2.45, 2.75) is 27.4 Å². The Kier molecular flexibility index (Phi) is 10.1. The molecule has 1 aliphatic heterocycles. The Bertz CT molecular complexity index is 1200. The number of rotatable bonds is 10. The number of benzene rings is 2. The zero-order valence-electron chi connectivity index (χ0n) is 19.8. The first-order valence-electron chi connectivity index (χ1n) is 11.0. The van der Waals surface area contributed by atoms with Gasteiger partial charge in [0.25, 0.3) is 11.1 Å². The molecule has 1 saturated heterocycles. The van der Waals surface area contributed by atoms with E-state index in [4.69, 9.17) is 37.4 Å². The molecule has 7 nitrogen and oxygen atoms in total. The van der Waals surface area contributed by atoms with Crippen molar-refractivity contribution in [3.8, 4) is 11.5 Å². The molecule has 36 heavy (non-hydrogen) atoms. The molecule has 3 rings (SSSR count). The summed E-state index contributed by atoms with van der Waals surface area (Å²) in [6.45, 7) is 6.04. The van der Waals surface area contributed by atoms with E-state index in [0.29, 0.717) is 38.2 Å². The maximum Gasteiger partial charge on any atom is 0.326 e. The molecule has 0 spiro atoms. The van der Waals surface area contributed by atoms with Gasteiger partial charge in [0.05, 0.1) is 32.6 Å². The predicted molar refractivity (Wildman–Crippen MR) is 145 cm³/mol. The van der Waals surface area contributed by atoms with Crippen molar-refractivity contribution in [1.82, 2.24) is 4.90 Å². The molecule has 1 heterocycles. The average molecular weight is 617 g/mol. The number of amides is 2. The molecule has 2 amide bonds. The van der Waals surface area contributed by atoms with Crippen LogP contribution in [0.25, 0.3) is 6.08 Å². The second-order valence-electron chi connectivity index (χ2n) is 8.14. The fourth-order valence-electron chi connectivity index (χ4n) is 3.08. The summed E-state index contributed by atoms with van der Waals surface area (Å²) in [5.74, 6) is -0.105. The van der Waals surface area contributed by atoms with Crippen molar-refractivity contribution in [1.29, 1.82) is 0 Å². The van der Waals surface area contributed by atoms with Crippen LogP contribution in [0.1, 0.15) is 31.9 Å². The largest absolute Gasteiger partial charge is 0.490 e. The standard InChI is InChI=1S/C25H24BrCl2NO6S/c1-4-33-20-9-16(7-17(26)23(20)35-13-15-5-6-18(27)19(28)8-15)10-21-24(31)29(25(32)36-21)11-22(30)34-12-14(2)3/h5-10,14H,4,11-13H2,1-3H3/b21-10+. The molecule has 2 aromatic carbocycles. The maximum atomic E-state index is 12.8. The third-order valence-electron chi connectivity index (χ3n) is 4.74. The molecule has 0 radical (unpaired) electrons. The highest BCUT2D eigenvalue weighted by Crippen LogP contribution is 2.40. The van der Waals surface area contributed by atoms with Crippen LogP contribution in [0.2, 0.25) is 10.0 Å². The van der Waals surface area contributed by atoms with E-state index < -0.39 is 23.7 Å². The molecular weight excluding hydrogens is 593 g/mol. The molecule has 0 bridgehead atoms. The number of hydrogen-bond donors (Lipinski definition) is 0. The van der Waals surface area contributed by atoms with Crippen molar-refractivity contribution < 1.29 is 28.6 Å². The smallest absolute Gasteiger partial charge is 0.326 e. The Balaban J connectivity index is 1.78. The van der Waals surface area contributed by atoms with Crippen LogP contribution in [-0.4, -0.2) is 41.8 Å². The number of imide groups is 1. The summed E-state index contributed by atoms with van der Waals surface area (Å²) in [5, 5.41) is 0.357. The van der Waals surface area contributed by atoms with Crippen molar-refractivity contribution in [3.05, 3.63) is 60.9 Å². The van der Waals surface area contributed by atoms with Gasteiger partial charge in [-0.2, -0.15) is 0 Å². The molecule has 192 valence electrons. The Labute approximate surface area is 232 Å². The van der Waals surface area contributed by atoms with Crippen molar-refractivity contribution in [3.63, 3.8) is 0 Å². The summed E-state index contributed by atoms with van der Waals surface area (Å²) in [6, 6.07) is 8.69. The van der Waals surface area contributed by atoms with E-state index in [9.17, 15) is 14.4 Å². The number of halogens is 3. The third kappa shape index (κ3) is 7.41. The van der Waals surface area contributed by atoms with Gasteiger partial charge in [-0.3, -0.25) is 19.3 Å². The van der Waals surface area contributed by atoms with Crippen molar-refractivity contribution in [2.75, 3.05) is 19.8 Å². The van der Waals surface area contributed by atoms with Gasteiger partial charge in [-0.1, -0.05) is 43.1 Å².